The van der Waals surface area contributed by atoms with Gasteiger partial charge in [0.1, 0.15) is 12.5 Å². The SMILES string of the molecule is CN(C(=O)c1ccc(Cl)c(Br)c1)c1ccccc1OCCCc1nnnn1COCC[Si](C)(C)C. The highest BCUT2D eigenvalue weighted by Crippen LogP contribution is 2.30. The number of nitrogens with zero attached hydrogens (tertiary/aromatic N) is 5. The second-order valence-corrected chi connectivity index (χ2v) is 16.2. The number of benzene rings is 2. The van der Waals surface area contributed by atoms with Gasteiger partial charge in [-0.2, -0.15) is 0 Å². The van der Waals surface area contributed by atoms with Gasteiger partial charge < -0.3 is 14.4 Å². The van der Waals surface area contributed by atoms with Crippen LogP contribution in [-0.2, 0) is 17.9 Å². The van der Waals surface area contributed by atoms with Gasteiger partial charge >= 0.3 is 0 Å². The zero-order chi connectivity index (χ0) is 25.4. The first-order valence-electron chi connectivity index (χ1n) is 11.4. The number of amides is 1. The zero-order valence-electron chi connectivity index (χ0n) is 20.5. The fraction of sp³-hybridized carbons (Fsp3) is 0.417. The van der Waals surface area contributed by atoms with Gasteiger partial charge in [-0.1, -0.05) is 43.4 Å². The second-order valence-electron chi connectivity index (χ2n) is 9.36. The first-order chi connectivity index (χ1) is 16.7. The van der Waals surface area contributed by atoms with E-state index in [1.807, 2.05) is 24.3 Å². The predicted octanol–water partition coefficient (Wildman–Crippen LogP) is 5.69. The number of carbonyl (C=O) groups excluding carboxylic acids is 1. The van der Waals surface area contributed by atoms with E-state index < -0.39 is 8.07 Å². The van der Waals surface area contributed by atoms with Crippen molar-refractivity contribution in [2.75, 3.05) is 25.2 Å². The Hall–Kier alpha value is -2.27. The number of carbonyl (C=O) groups is 1. The molecule has 1 aromatic heterocycles. The lowest BCUT2D eigenvalue weighted by Crippen LogP contribution is -2.26. The van der Waals surface area contributed by atoms with Crippen LogP contribution in [0.3, 0.4) is 0 Å². The predicted molar refractivity (Wildman–Crippen MR) is 144 cm³/mol. The Morgan fingerprint density at radius 3 is 2.69 bits per heavy atom. The van der Waals surface area contributed by atoms with Crippen LogP contribution in [0.25, 0.3) is 0 Å². The van der Waals surface area contributed by atoms with Crippen LogP contribution >= 0.6 is 27.5 Å². The van der Waals surface area contributed by atoms with Gasteiger partial charge in [-0.3, -0.25) is 4.79 Å². The standard InChI is InChI=1S/C24H31BrClN5O3Si/c1-30(24(32)18-11-12-20(26)19(25)16-18)21-8-5-6-9-22(21)34-13-7-10-23-27-28-29-31(23)17-33-14-15-35(2,3)4/h5-6,8-9,11-12,16H,7,10,13-15,17H2,1-4H3. The van der Waals surface area contributed by atoms with Crippen LogP contribution in [-0.4, -0.2) is 54.4 Å². The molecule has 3 rings (SSSR count). The molecule has 11 heteroatoms. The van der Waals surface area contributed by atoms with Crippen LogP contribution in [0.2, 0.25) is 30.7 Å². The van der Waals surface area contributed by atoms with Crippen molar-refractivity contribution >= 4 is 47.2 Å². The third-order valence-electron chi connectivity index (χ3n) is 5.32. The highest BCUT2D eigenvalue weighted by Gasteiger charge is 2.18. The summed E-state index contributed by atoms with van der Waals surface area (Å²) in [4.78, 5) is 14.6. The molecule has 0 bridgehead atoms. The van der Waals surface area contributed by atoms with Crippen molar-refractivity contribution in [3.05, 3.63) is 63.3 Å². The molecule has 0 saturated carbocycles. The summed E-state index contributed by atoms with van der Waals surface area (Å²) in [6, 6.07) is 13.7. The lowest BCUT2D eigenvalue weighted by atomic mass is 10.2. The van der Waals surface area contributed by atoms with Crippen molar-refractivity contribution in [1.82, 2.24) is 20.2 Å². The number of hydrogen-bond acceptors (Lipinski definition) is 6. The van der Waals surface area contributed by atoms with Crippen LogP contribution in [0.1, 0.15) is 22.6 Å². The summed E-state index contributed by atoms with van der Waals surface area (Å²) in [5.74, 6) is 1.23. The summed E-state index contributed by atoms with van der Waals surface area (Å²) >= 11 is 9.43. The van der Waals surface area contributed by atoms with Crippen LogP contribution < -0.4 is 9.64 Å². The van der Waals surface area contributed by atoms with Gasteiger partial charge in [0.2, 0.25) is 0 Å². The Morgan fingerprint density at radius 2 is 1.94 bits per heavy atom. The first kappa shape index (κ1) is 27.3. The quantitative estimate of drug-likeness (QED) is 0.202. The highest BCUT2D eigenvalue weighted by molar-refractivity contribution is 9.10. The van der Waals surface area contributed by atoms with Crippen molar-refractivity contribution < 1.29 is 14.3 Å². The molecule has 8 nitrogen and oxygen atoms in total. The number of para-hydroxylation sites is 2. The van der Waals surface area contributed by atoms with E-state index in [1.165, 1.54) is 0 Å². The molecule has 0 aliphatic heterocycles. The van der Waals surface area contributed by atoms with Gasteiger partial charge in [-0.05, 0) is 69.2 Å². The number of hydrogen-bond donors (Lipinski definition) is 0. The minimum absolute atomic E-state index is 0.160. The topological polar surface area (TPSA) is 82.4 Å². The zero-order valence-corrected chi connectivity index (χ0v) is 23.8. The van der Waals surface area contributed by atoms with E-state index in [-0.39, 0.29) is 5.91 Å². The summed E-state index contributed by atoms with van der Waals surface area (Å²) < 4.78 is 14.2. The molecule has 0 saturated heterocycles. The van der Waals surface area contributed by atoms with Gasteiger partial charge in [-0.25, -0.2) is 4.68 Å². The van der Waals surface area contributed by atoms with E-state index in [2.05, 4.69) is 51.1 Å². The molecule has 0 unspecified atom stereocenters. The number of anilines is 1. The van der Waals surface area contributed by atoms with Crippen LogP contribution in [0, 0.1) is 0 Å². The minimum Gasteiger partial charge on any atom is -0.491 e. The molecule has 0 N–H and O–H groups in total. The summed E-state index contributed by atoms with van der Waals surface area (Å²) in [6.07, 6.45) is 1.37. The third-order valence-corrected chi connectivity index (χ3v) is 8.23. The molecule has 0 radical (unpaired) electrons. The summed E-state index contributed by atoms with van der Waals surface area (Å²) in [7, 11) is 0.596. The molecular weight excluding hydrogens is 550 g/mol. The van der Waals surface area contributed by atoms with Crippen molar-refractivity contribution in [3.8, 4) is 5.75 Å². The molecule has 0 fully saturated rings. The molecule has 3 aromatic rings. The fourth-order valence-electron chi connectivity index (χ4n) is 3.23. The Labute approximate surface area is 220 Å². The van der Waals surface area contributed by atoms with Crippen molar-refractivity contribution in [2.24, 2.45) is 0 Å². The maximum atomic E-state index is 13.0. The molecule has 0 aliphatic carbocycles. The molecule has 0 atom stereocenters. The van der Waals surface area contributed by atoms with E-state index >= 15 is 0 Å². The maximum absolute atomic E-state index is 13.0. The fourth-order valence-corrected chi connectivity index (χ4v) is 4.49. The van der Waals surface area contributed by atoms with E-state index in [0.29, 0.717) is 59.3 Å². The Balaban J connectivity index is 1.53. The smallest absolute Gasteiger partial charge is 0.258 e. The van der Waals surface area contributed by atoms with Crippen LogP contribution in [0.15, 0.2) is 46.9 Å². The number of rotatable bonds is 12. The number of tetrazole rings is 1. The van der Waals surface area contributed by atoms with Gasteiger partial charge in [0.15, 0.2) is 5.82 Å². The van der Waals surface area contributed by atoms with Crippen molar-refractivity contribution in [1.29, 1.82) is 0 Å². The maximum Gasteiger partial charge on any atom is 0.258 e. The molecular formula is C24H31BrClN5O3Si. The largest absolute Gasteiger partial charge is 0.491 e. The number of aryl methyl sites for hydroxylation is 1. The third kappa shape index (κ3) is 8.13. The Morgan fingerprint density at radius 1 is 1.17 bits per heavy atom. The number of halogens is 2. The van der Waals surface area contributed by atoms with Crippen LogP contribution in [0.5, 0.6) is 5.75 Å². The van der Waals surface area contributed by atoms with Gasteiger partial charge in [0.05, 0.1) is 17.3 Å². The summed E-state index contributed by atoms with van der Waals surface area (Å²) in [5.41, 5.74) is 1.21. The number of ether oxygens (including phenoxy) is 2. The summed E-state index contributed by atoms with van der Waals surface area (Å²) in [6.45, 7) is 8.48. The summed E-state index contributed by atoms with van der Waals surface area (Å²) in [5, 5.41) is 12.5. The number of aromatic nitrogens is 4. The van der Waals surface area contributed by atoms with Gasteiger partial charge in [0.25, 0.3) is 5.91 Å². The molecule has 188 valence electrons. The van der Waals surface area contributed by atoms with Gasteiger partial charge in [-0.15, -0.1) is 5.10 Å². The second kappa shape index (κ2) is 12.6. The average molecular weight is 581 g/mol. The van der Waals surface area contributed by atoms with Crippen molar-refractivity contribution in [2.45, 2.75) is 45.3 Å². The molecule has 35 heavy (non-hydrogen) atoms. The Bertz CT molecular complexity index is 1140. The monoisotopic (exact) mass is 579 g/mol. The molecule has 2 aromatic carbocycles. The lowest BCUT2D eigenvalue weighted by Gasteiger charge is -2.21. The Kier molecular flexibility index (Phi) is 9.85. The van der Waals surface area contributed by atoms with E-state index in [9.17, 15) is 4.79 Å². The molecule has 0 aliphatic rings. The first-order valence-corrected chi connectivity index (χ1v) is 16.3. The van der Waals surface area contributed by atoms with E-state index in [4.69, 9.17) is 21.1 Å². The average Bonchev–Trinajstić information content (AvgIpc) is 3.27. The molecule has 1 amide bonds. The van der Waals surface area contributed by atoms with E-state index in [0.717, 1.165) is 11.9 Å². The minimum atomic E-state index is -1.13. The molecule has 1 heterocycles. The normalized spacial score (nSPS) is 11.5. The lowest BCUT2D eigenvalue weighted by molar-refractivity contribution is 0.0748. The molecule has 0 spiro atoms. The van der Waals surface area contributed by atoms with Crippen molar-refractivity contribution in [3.63, 3.8) is 0 Å². The van der Waals surface area contributed by atoms with E-state index in [1.54, 1.807) is 34.8 Å². The highest BCUT2D eigenvalue weighted by atomic mass is 79.9. The van der Waals surface area contributed by atoms with Gasteiger partial charge in [0, 0.05) is 38.2 Å². The van der Waals surface area contributed by atoms with Crippen LogP contribution in [0.4, 0.5) is 5.69 Å².